The molecule has 0 aromatic heterocycles. The Morgan fingerprint density at radius 2 is 1.73 bits per heavy atom. The first kappa shape index (κ1) is 18.2. The van der Waals surface area contributed by atoms with E-state index in [1.165, 1.54) is 0 Å². The van der Waals surface area contributed by atoms with Crippen LogP contribution in [0.5, 0.6) is 0 Å². The average molecular weight is 306 g/mol. The minimum Gasteiger partial charge on any atom is -0.393 e. The van der Waals surface area contributed by atoms with E-state index in [9.17, 15) is 9.59 Å². The highest BCUT2D eigenvalue weighted by Gasteiger charge is 2.14. The fourth-order valence-corrected chi connectivity index (χ4v) is 1.87. The molecule has 122 valence electrons. The summed E-state index contributed by atoms with van der Waals surface area (Å²) in [6.07, 6.45) is 0.0461. The lowest BCUT2D eigenvalue weighted by Crippen LogP contribution is -2.37. The number of amides is 2. The molecule has 2 amide bonds. The van der Waals surface area contributed by atoms with Gasteiger partial charge in [-0.2, -0.15) is 0 Å². The first-order chi connectivity index (χ1) is 10.2. The van der Waals surface area contributed by atoms with Crippen molar-refractivity contribution in [3.63, 3.8) is 0 Å². The van der Waals surface area contributed by atoms with Gasteiger partial charge in [-0.3, -0.25) is 9.59 Å². The van der Waals surface area contributed by atoms with Gasteiger partial charge >= 0.3 is 0 Å². The van der Waals surface area contributed by atoms with Gasteiger partial charge in [0.2, 0.25) is 5.91 Å². The van der Waals surface area contributed by atoms with E-state index in [2.05, 4.69) is 31.4 Å². The lowest BCUT2D eigenvalue weighted by atomic mass is 9.87. The van der Waals surface area contributed by atoms with Crippen LogP contribution in [0, 0.1) is 0 Å². The van der Waals surface area contributed by atoms with Gasteiger partial charge in [0.15, 0.2) is 0 Å². The number of rotatable bonds is 6. The Balaban J connectivity index is 2.44. The number of carbonyl (C=O) groups is 2. The SMILES string of the molecule is CC(O)CCNC(=O)CNC(=O)c1ccc(C(C)(C)C)cc1. The Kier molecular flexibility index (Phi) is 6.56. The molecule has 22 heavy (non-hydrogen) atoms. The van der Waals surface area contributed by atoms with Gasteiger partial charge < -0.3 is 15.7 Å². The highest BCUT2D eigenvalue weighted by molar-refractivity contribution is 5.96. The Bertz CT molecular complexity index is 502. The quantitative estimate of drug-likeness (QED) is 0.747. The summed E-state index contributed by atoms with van der Waals surface area (Å²) in [5.41, 5.74) is 1.73. The molecule has 0 heterocycles. The first-order valence-corrected chi connectivity index (χ1v) is 7.53. The normalized spacial score (nSPS) is 12.6. The Hall–Kier alpha value is -1.88. The maximum Gasteiger partial charge on any atom is 0.251 e. The zero-order valence-corrected chi connectivity index (χ0v) is 13.8. The van der Waals surface area contributed by atoms with E-state index in [1.807, 2.05) is 12.1 Å². The molecule has 5 nitrogen and oxygen atoms in total. The molecule has 0 bridgehead atoms. The molecule has 3 N–H and O–H groups in total. The maximum atomic E-state index is 12.0. The average Bonchev–Trinajstić information content (AvgIpc) is 2.43. The van der Waals surface area contributed by atoms with Gasteiger partial charge in [0.05, 0.1) is 12.6 Å². The second-order valence-electron chi connectivity index (χ2n) is 6.50. The van der Waals surface area contributed by atoms with Crippen LogP contribution in [0.4, 0.5) is 0 Å². The second-order valence-corrected chi connectivity index (χ2v) is 6.50. The van der Waals surface area contributed by atoms with Gasteiger partial charge in [-0.15, -0.1) is 0 Å². The van der Waals surface area contributed by atoms with Gasteiger partial charge in [0, 0.05) is 12.1 Å². The van der Waals surface area contributed by atoms with Crippen molar-refractivity contribution in [3.05, 3.63) is 35.4 Å². The molecule has 0 spiro atoms. The third kappa shape index (κ3) is 6.26. The molecular formula is C17H26N2O3. The van der Waals surface area contributed by atoms with Gasteiger partial charge in [-0.05, 0) is 36.5 Å². The molecule has 5 heteroatoms. The van der Waals surface area contributed by atoms with E-state index in [4.69, 9.17) is 5.11 Å². The second kappa shape index (κ2) is 7.94. The van der Waals surface area contributed by atoms with Crippen molar-refractivity contribution in [2.24, 2.45) is 0 Å². The van der Waals surface area contributed by atoms with Crippen molar-refractivity contribution in [2.75, 3.05) is 13.1 Å². The standard InChI is InChI=1S/C17H26N2O3/c1-12(20)9-10-18-15(21)11-19-16(22)13-5-7-14(8-6-13)17(2,3)4/h5-8,12,20H,9-11H2,1-4H3,(H,18,21)(H,19,22). The van der Waals surface area contributed by atoms with Gasteiger partial charge in [-0.1, -0.05) is 32.9 Å². The summed E-state index contributed by atoms with van der Waals surface area (Å²) in [5.74, 6) is -0.536. The molecule has 1 atom stereocenters. The van der Waals surface area contributed by atoms with Crippen LogP contribution in [0.25, 0.3) is 0 Å². The van der Waals surface area contributed by atoms with Crippen LogP contribution in [0.1, 0.15) is 50.0 Å². The topological polar surface area (TPSA) is 78.4 Å². The molecular weight excluding hydrogens is 280 g/mol. The number of carbonyl (C=O) groups excluding carboxylic acids is 2. The highest BCUT2D eigenvalue weighted by Crippen LogP contribution is 2.22. The minimum absolute atomic E-state index is 0.0404. The zero-order valence-electron chi connectivity index (χ0n) is 13.8. The van der Waals surface area contributed by atoms with Crippen molar-refractivity contribution in [2.45, 2.75) is 45.6 Å². The van der Waals surface area contributed by atoms with Crippen LogP contribution in [0.15, 0.2) is 24.3 Å². The predicted octanol–water partition coefficient (Wildman–Crippen LogP) is 1.60. The van der Waals surface area contributed by atoms with Gasteiger partial charge in [0.1, 0.15) is 0 Å². The molecule has 1 aromatic rings. The molecule has 1 unspecified atom stereocenters. The van der Waals surface area contributed by atoms with E-state index in [1.54, 1.807) is 19.1 Å². The summed E-state index contributed by atoms with van der Waals surface area (Å²) in [5, 5.41) is 14.3. The summed E-state index contributed by atoms with van der Waals surface area (Å²) in [6, 6.07) is 7.39. The van der Waals surface area contributed by atoms with Crippen molar-refractivity contribution < 1.29 is 14.7 Å². The van der Waals surface area contributed by atoms with Crippen molar-refractivity contribution in [1.82, 2.24) is 10.6 Å². The monoisotopic (exact) mass is 306 g/mol. The van der Waals surface area contributed by atoms with E-state index >= 15 is 0 Å². The summed E-state index contributed by atoms with van der Waals surface area (Å²) in [6.45, 7) is 8.32. The van der Waals surface area contributed by atoms with Crippen LogP contribution >= 0.6 is 0 Å². The van der Waals surface area contributed by atoms with Crippen LogP contribution in [-0.2, 0) is 10.2 Å². The number of hydrogen-bond acceptors (Lipinski definition) is 3. The molecule has 1 rings (SSSR count). The van der Waals surface area contributed by atoms with Crippen LogP contribution in [0.3, 0.4) is 0 Å². The van der Waals surface area contributed by atoms with Crippen LogP contribution in [0.2, 0.25) is 0 Å². The maximum absolute atomic E-state index is 12.0. The fraction of sp³-hybridized carbons (Fsp3) is 0.529. The Morgan fingerprint density at radius 1 is 1.14 bits per heavy atom. The molecule has 0 aliphatic heterocycles. The molecule has 0 saturated heterocycles. The molecule has 0 radical (unpaired) electrons. The summed E-state index contributed by atoms with van der Waals surface area (Å²) in [4.78, 5) is 23.5. The lowest BCUT2D eigenvalue weighted by molar-refractivity contribution is -0.120. The minimum atomic E-state index is -0.448. The smallest absolute Gasteiger partial charge is 0.251 e. The molecule has 0 fully saturated rings. The van der Waals surface area contributed by atoms with Crippen molar-refractivity contribution >= 4 is 11.8 Å². The van der Waals surface area contributed by atoms with Crippen LogP contribution < -0.4 is 10.6 Å². The van der Waals surface area contributed by atoms with E-state index in [-0.39, 0.29) is 23.8 Å². The summed E-state index contributed by atoms with van der Waals surface area (Å²) >= 11 is 0. The number of aliphatic hydroxyl groups is 1. The van der Waals surface area contributed by atoms with E-state index in [0.717, 1.165) is 5.56 Å². The number of benzene rings is 1. The van der Waals surface area contributed by atoms with Crippen molar-refractivity contribution in [3.8, 4) is 0 Å². The molecule has 0 aliphatic rings. The third-order valence-electron chi connectivity index (χ3n) is 3.31. The fourth-order valence-electron chi connectivity index (χ4n) is 1.87. The van der Waals surface area contributed by atoms with Gasteiger partial charge in [0.25, 0.3) is 5.91 Å². The van der Waals surface area contributed by atoms with E-state index < -0.39 is 6.10 Å². The van der Waals surface area contributed by atoms with E-state index in [0.29, 0.717) is 18.5 Å². The molecule has 0 saturated carbocycles. The Labute approximate surface area is 132 Å². The third-order valence-corrected chi connectivity index (χ3v) is 3.31. The number of hydrogen-bond donors (Lipinski definition) is 3. The largest absolute Gasteiger partial charge is 0.393 e. The number of nitrogens with one attached hydrogen (secondary N) is 2. The molecule has 0 aliphatic carbocycles. The first-order valence-electron chi connectivity index (χ1n) is 7.53. The zero-order chi connectivity index (χ0) is 16.8. The summed E-state index contributed by atoms with van der Waals surface area (Å²) in [7, 11) is 0. The highest BCUT2D eigenvalue weighted by atomic mass is 16.3. The van der Waals surface area contributed by atoms with Crippen LogP contribution in [-0.4, -0.2) is 36.1 Å². The lowest BCUT2D eigenvalue weighted by Gasteiger charge is -2.19. The number of aliphatic hydroxyl groups excluding tert-OH is 1. The molecule has 1 aromatic carbocycles. The Morgan fingerprint density at radius 3 is 2.23 bits per heavy atom. The predicted molar refractivity (Wildman–Crippen MR) is 86.8 cm³/mol. The van der Waals surface area contributed by atoms with Gasteiger partial charge in [-0.25, -0.2) is 0 Å². The van der Waals surface area contributed by atoms with Crippen molar-refractivity contribution in [1.29, 1.82) is 0 Å². The summed E-state index contributed by atoms with van der Waals surface area (Å²) < 4.78 is 0.